The second-order valence-corrected chi connectivity index (χ2v) is 6.60. The van der Waals surface area contributed by atoms with E-state index in [1.165, 1.54) is 5.56 Å². The molecule has 0 bridgehead atoms. The number of carbonyl (C=O) groups is 1. The van der Waals surface area contributed by atoms with E-state index in [1.54, 1.807) is 0 Å². The van der Waals surface area contributed by atoms with Gasteiger partial charge in [-0.15, -0.1) is 0 Å². The topological polar surface area (TPSA) is 43.8 Å². The normalized spacial score (nSPS) is 19.9. The average molecular weight is 304 g/mol. The Labute approximate surface area is 133 Å². The molecule has 2 atom stereocenters. The van der Waals surface area contributed by atoms with Crippen LogP contribution in [0.1, 0.15) is 32.3 Å². The molecule has 122 valence electrons. The predicted octanol–water partition coefficient (Wildman–Crippen LogP) is 2.13. The maximum atomic E-state index is 13.0. The fourth-order valence-electron chi connectivity index (χ4n) is 3.44. The molecule has 1 N–H and O–H groups in total. The number of likely N-dealkylation sites (tertiary alicyclic amines) is 1. The van der Waals surface area contributed by atoms with E-state index in [0.29, 0.717) is 0 Å². The smallest absolute Gasteiger partial charge is 0.240 e. The van der Waals surface area contributed by atoms with Gasteiger partial charge in [0.2, 0.25) is 5.91 Å². The number of aliphatic hydroxyl groups is 1. The van der Waals surface area contributed by atoms with E-state index < -0.39 is 0 Å². The highest BCUT2D eigenvalue weighted by Crippen LogP contribution is 2.22. The van der Waals surface area contributed by atoms with Gasteiger partial charge in [0.05, 0.1) is 18.7 Å². The Morgan fingerprint density at radius 3 is 2.64 bits per heavy atom. The van der Waals surface area contributed by atoms with Crippen LogP contribution in [0.15, 0.2) is 30.3 Å². The van der Waals surface area contributed by atoms with Crippen LogP contribution in [0, 0.1) is 5.92 Å². The second-order valence-electron chi connectivity index (χ2n) is 6.60. The zero-order chi connectivity index (χ0) is 16.1. The van der Waals surface area contributed by atoms with Crippen molar-refractivity contribution >= 4 is 5.91 Å². The van der Waals surface area contributed by atoms with E-state index in [9.17, 15) is 9.90 Å². The molecule has 0 saturated carbocycles. The lowest BCUT2D eigenvalue weighted by Gasteiger charge is -2.35. The third-order valence-corrected chi connectivity index (χ3v) is 4.51. The highest BCUT2D eigenvalue weighted by molar-refractivity contribution is 5.82. The predicted molar refractivity (Wildman–Crippen MR) is 88.4 cm³/mol. The Kier molecular flexibility index (Phi) is 5.98. The minimum Gasteiger partial charge on any atom is -0.394 e. The summed E-state index contributed by atoms with van der Waals surface area (Å²) in [6.45, 7) is 5.78. The Balaban J connectivity index is 2.10. The molecular weight excluding hydrogens is 276 g/mol. The molecule has 4 heteroatoms. The van der Waals surface area contributed by atoms with Gasteiger partial charge >= 0.3 is 0 Å². The van der Waals surface area contributed by atoms with Gasteiger partial charge in [-0.2, -0.15) is 0 Å². The standard InChI is InChI=1S/C18H28N2O2/c1-14(2)17(18(22)20-11-7-10-16(20)13-21)19(3)12-15-8-5-4-6-9-15/h4-6,8-9,14,16-17,21H,7,10-13H2,1-3H3/t16-,17+/m0/s1. The largest absolute Gasteiger partial charge is 0.394 e. The monoisotopic (exact) mass is 304 g/mol. The summed E-state index contributed by atoms with van der Waals surface area (Å²) in [5, 5.41) is 9.47. The SMILES string of the molecule is CC(C)[C@H](C(=O)N1CCC[C@H]1CO)N(C)Cc1ccccc1. The number of aliphatic hydroxyl groups excluding tert-OH is 1. The molecule has 1 aliphatic rings. The summed E-state index contributed by atoms with van der Waals surface area (Å²) in [5.41, 5.74) is 1.21. The van der Waals surface area contributed by atoms with Crippen molar-refractivity contribution in [3.05, 3.63) is 35.9 Å². The van der Waals surface area contributed by atoms with Crippen LogP contribution in [0.25, 0.3) is 0 Å². The van der Waals surface area contributed by atoms with Gasteiger partial charge in [0.1, 0.15) is 0 Å². The van der Waals surface area contributed by atoms with Gasteiger partial charge in [-0.05, 0) is 31.4 Å². The molecule has 1 saturated heterocycles. The summed E-state index contributed by atoms with van der Waals surface area (Å²) >= 11 is 0. The first-order valence-electron chi connectivity index (χ1n) is 8.20. The van der Waals surface area contributed by atoms with E-state index >= 15 is 0 Å². The van der Waals surface area contributed by atoms with Gasteiger partial charge in [-0.3, -0.25) is 9.69 Å². The molecule has 0 aromatic heterocycles. The molecule has 1 heterocycles. The van der Waals surface area contributed by atoms with Crippen molar-refractivity contribution in [3.63, 3.8) is 0 Å². The highest BCUT2D eigenvalue weighted by Gasteiger charge is 2.35. The molecule has 2 rings (SSSR count). The Bertz CT molecular complexity index is 475. The van der Waals surface area contributed by atoms with Crippen molar-refractivity contribution in [1.29, 1.82) is 0 Å². The number of hydrogen-bond donors (Lipinski definition) is 1. The first-order valence-corrected chi connectivity index (χ1v) is 8.20. The fraction of sp³-hybridized carbons (Fsp3) is 0.611. The van der Waals surface area contributed by atoms with Crippen LogP contribution < -0.4 is 0 Å². The third kappa shape index (κ3) is 3.87. The van der Waals surface area contributed by atoms with Crippen molar-refractivity contribution in [1.82, 2.24) is 9.80 Å². The molecule has 0 spiro atoms. The van der Waals surface area contributed by atoms with E-state index in [4.69, 9.17) is 0 Å². The van der Waals surface area contributed by atoms with Crippen molar-refractivity contribution in [2.24, 2.45) is 5.92 Å². The lowest BCUT2D eigenvalue weighted by atomic mass is 10.00. The van der Waals surface area contributed by atoms with Crippen LogP contribution in [0.4, 0.5) is 0 Å². The Hall–Kier alpha value is -1.39. The highest BCUT2D eigenvalue weighted by atomic mass is 16.3. The lowest BCUT2D eigenvalue weighted by Crippen LogP contribution is -2.51. The number of likely N-dealkylation sites (N-methyl/N-ethyl adjacent to an activating group) is 1. The number of rotatable bonds is 6. The molecule has 0 radical (unpaired) electrons. The summed E-state index contributed by atoms with van der Waals surface area (Å²) in [6, 6.07) is 10.1. The van der Waals surface area contributed by atoms with Crippen molar-refractivity contribution in [2.75, 3.05) is 20.2 Å². The van der Waals surface area contributed by atoms with Gasteiger partial charge in [-0.25, -0.2) is 0 Å². The zero-order valence-corrected chi connectivity index (χ0v) is 13.9. The van der Waals surface area contributed by atoms with Gasteiger partial charge in [-0.1, -0.05) is 44.2 Å². The first kappa shape index (κ1) is 17.0. The van der Waals surface area contributed by atoms with Crippen LogP contribution in [0.3, 0.4) is 0 Å². The third-order valence-electron chi connectivity index (χ3n) is 4.51. The maximum absolute atomic E-state index is 13.0. The molecule has 1 fully saturated rings. The molecule has 1 aromatic rings. The minimum absolute atomic E-state index is 0.00104. The molecule has 1 aromatic carbocycles. The molecule has 4 nitrogen and oxygen atoms in total. The molecule has 1 amide bonds. The Morgan fingerprint density at radius 2 is 2.05 bits per heavy atom. The molecule has 0 aliphatic carbocycles. The molecular formula is C18H28N2O2. The summed E-state index contributed by atoms with van der Waals surface area (Å²) in [5.74, 6) is 0.395. The van der Waals surface area contributed by atoms with E-state index in [1.807, 2.05) is 30.1 Å². The van der Waals surface area contributed by atoms with Crippen molar-refractivity contribution in [2.45, 2.75) is 45.3 Å². The lowest BCUT2D eigenvalue weighted by molar-refractivity contribution is -0.140. The van der Waals surface area contributed by atoms with Gasteiger partial charge in [0.15, 0.2) is 0 Å². The number of carbonyl (C=O) groups excluding carboxylic acids is 1. The summed E-state index contributed by atoms with van der Waals surface area (Å²) in [6.07, 6.45) is 1.90. The Morgan fingerprint density at radius 1 is 1.36 bits per heavy atom. The first-order chi connectivity index (χ1) is 10.5. The number of nitrogens with zero attached hydrogens (tertiary/aromatic N) is 2. The van der Waals surface area contributed by atoms with Crippen LogP contribution in [0.5, 0.6) is 0 Å². The minimum atomic E-state index is -0.146. The van der Waals surface area contributed by atoms with Gasteiger partial charge < -0.3 is 10.0 Å². The van der Waals surface area contributed by atoms with Crippen molar-refractivity contribution < 1.29 is 9.90 Å². The van der Waals surface area contributed by atoms with Crippen LogP contribution in [-0.4, -0.2) is 53.1 Å². The van der Waals surface area contributed by atoms with Crippen molar-refractivity contribution in [3.8, 4) is 0 Å². The quantitative estimate of drug-likeness (QED) is 0.875. The summed E-state index contributed by atoms with van der Waals surface area (Å²) in [7, 11) is 2.01. The van der Waals surface area contributed by atoms with Crippen LogP contribution >= 0.6 is 0 Å². The van der Waals surface area contributed by atoms with Crippen LogP contribution in [-0.2, 0) is 11.3 Å². The second kappa shape index (κ2) is 7.75. The molecule has 0 unspecified atom stereocenters. The maximum Gasteiger partial charge on any atom is 0.240 e. The summed E-state index contributed by atoms with van der Waals surface area (Å²) < 4.78 is 0. The zero-order valence-electron chi connectivity index (χ0n) is 13.9. The number of amides is 1. The average Bonchev–Trinajstić information content (AvgIpc) is 2.96. The number of hydrogen-bond acceptors (Lipinski definition) is 3. The fourth-order valence-corrected chi connectivity index (χ4v) is 3.44. The van der Waals surface area contributed by atoms with Gasteiger partial charge in [0.25, 0.3) is 0 Å². The van der Waals surface area contributed by atoms with E-state index in [2.05, 4.69) is 30.9 Å². The van der Waals surface area contributed by atoms with E-state index in [-0.39, 0.29) is 30.5 Å². The molecule has 1 aliphatic heterocycles. The summed E-state index contributed by atoms with van der Waals surface area (Å²) in [4.78, 5) is 17.0. The van der Waals surface area contributed by atoms with Gasteiger partial charge in [0, 0.05) is 13.1 Å². The van der Waals surface area contributed by atoms with Crippen LogP contribution in [0.2, 0.25) is 0 Å². The van der Waals surface area contributed by atoms with E-state index in [0.717, 1.165) is 25.9 Å². The molecule has 22 heavy (non-hydrogen) atoms. The number of benzene rings is 1.